The topological polar surface area (TPSA) is 53.6 Å². The Bertz CT molecular complexity index is 516. The van der Waals surface area contributed by atoms with E-state index in [0.29, 0.717) is 24.1 Å². The first-order chi connectivity index (χ1) is 9.15. The number of hydrogen-bond acceptors (Lipinski definition) is 4. The van der Waals surface area contributed by atoms with Gasteiger partial charge >= 0.3 is 0 Å². The second-order valence-electron chi connectivity index (χ2n) is 5.42. The number of guanidine groups is 1. The second-order valence-corrected chi connectivity index (χ2v) is 5.42. The summed E-state index contributed by atoms with van der Waals surface area (Å²) in [6.07, 6.45) is 0.923. The number of hydrogen-bond donors (Lipinski definition) is 2. The molecule has 1 aromatic carbocycles. The van der Waals surface area contributed by atoms with Crippen LogP contribution in [0.1, 0.15) is 13.3 Å². The largest absolute Gasteiger partial charge is 0.369 e. The second kappa shape index (κ2) is 4.49. The van der Waals surface area contributed by atoms with Crippen LogP contribution in [0.3, 0.4) is 0 Å². The molecule has 0 aliphatic carbocycles. The molecule has 1 spiro atoms. The lowest BCUT2D eigenvalue weighted by molar-refractivity contribution is 0.239. The summed E-state index contributed by atoms with van der Waals surface area (Å²) in [5.74, 6) is 0.553. The Morgan fingerprint density at radius 2 is 2.26 bits per heavy atom. The van der Waals surface area contributed by atoms with Gasteiger partial charge < -0.3 is 16.0 Å². The van der Waals surface area contributed by atoms with Gasteiger partial charge in [-0.2, -0.15) is 0 Å². The third-order valence-corrected chi connectivity index (χ3v) is 4.39. The molecule has 102 valence electrons. The molecule has 2 unspecified atom stereocenters. The van der Waals surface area contributed by atoms with Crippen LogP contribution in [0.4, 0.5) is 10.1 Å². The minimum Gasteiger partial charge on any atom is -0.369 e. The Balaban J connectivity index is 2.06. The summed E-state index contributed by atoms with van der Waals surface area (Å²) < 4.78 is 14.1. The molecule has 0 aromatic heterocycles. The number of rotatable bonds is 1. The summed E-state index contributed by atoms with van der Waals surface area (Å²) in [7, 11) is 0. The van der Waals surface area contributed by atoms with Crippen molar-refractivity contribution in [3.8, 4) is 0 Å². The van der Waals surface area contributed by atoms with Gasteiger partial charge in [-0.15, -0.1) is 0 Å². The molecule has 2 aliphatic heterocycles. The van der Waals surface area contributed by atoms with Crippen molar-refractivity contribution in [1.82, 2.24) is 5.32 Å². The van der Waals surface area contributed by atoms with Crippen molar-refractivity contribution in [3.05, 3.63) is 30.1 Å². The molecule has 0 saturated carbocycles. The van der Waals surface area contributed by atoms with Crippen molar-refractivity contribution >= 4 is 11.6 Å². The summed E-state index contributed by atoms with van der Waals surface area (Å²) in [5.41, 5.74) is 6.39. The maximum absolute atomic E-state index is 14.1. The van der Waals surface area contributed by atoms with Crippen LogP contribution in [0, 0.1) is 11.7 Å². The normalized spacial score (nSPS) is 30.7. The zero-order valence-electron chi connectivity index (χ0n) is 11.1. The van der Waals surface area contributed by atoms with Gasteiger partial charge in [0.15, 0.2) is 5.96 Å². The molecule has 1 aromatic rings. The highest BCUT2D eigenvalue weighted by molar-refractivity contribution is 5.98. The Kier molecular flexibility index (Phi) is 2.93. The fourth-order valence-electron chi connectivity index (χ4n) is 3.21. The SMILES string of the molecule is CC1CNCCC12CN=C(N)N2c1ccccc1F. The van der Waals surface area contributed by atoms with E-state index in [1.54, 1.807) is 12.1 Å². The Morgan fingerprint density at radius 1 is 1.47 bits per heavy atom. The number of para-hydroxylation sites is 1. The van der Waals surface area contributed by atoms with Gasteiger partial charge in [0, 0.05) is 6.54 Å². The summed E-state index contributed by atoms with van der Waals surface area (Å²) in [6.45, 7) is 4.65. The van der Waals surface area contributed by atoms with Crippen molar-refractivity contribution in [1.29, 1.82) is 0 Å². The standard InChI is InChI=1S/C14H19FN4/c1-10-8-17-7-6-14(10)9-18-13(16)19(14)12-5-3-2-4-11(12)15/h2-5,10,17H,6-9H2,1H3,(H2,16,18). The fourth-order valence-corrected chi connectivity index (χ4v) is 3.21. The minimum atomic E-state index is -0.243. The first-order valence-corrected chi connectivity index (χ1v) is 6.70. The lowest BCUT2D eigenvalue weighted by atomic mass is 9.78. The Labute approximate surface area is 112 Å². The first-order valence-electron chi connectivity index (χ1n) is 6.70. The fraction of sp³-hybridized carbons (Fsp3) is 0.500. The summed E-state index contributed by atoms with van der Waals surface area (Å²) in [6, 6.07) is 6.78. The van der Waals surface area contributed by atoms with E-state index in [9.17, 15) is 4.39 Å². The molecule has 0 amide bonds. The molecule has 2 heterocycles. The van der Waals surface area contributed by atoms with Gasteiger partial charge in [0.2, 0.25) is 0 Å². The van der Waals surface area contributed by atoms with Gasteiger partial charge in [0.25, 0.3) is 0 Å². The summed E-state index contributed by atoms with van der Waals surface area (Å²) in [5, 5.41) is 3.37. The zero-order chi connectivity index (χ0) is 13.5. The molecular weight excluding hydrogens is 243 g/mol. The smallest absolute Gasteiger partial charge is 0.196 e. The maximum Gasteiger partial charge on any atom is 0.196 e. The van der Waals surface area contributed by atoms with E-state index in [1.165, 1.54) is 6.07 Å². The monoisotopic (exact) mass is 262 g/mol. The van der Waals surface area contributed by atoms with E-state index in [1.807, 2.05) is 11.0 Å². The summed E-state index contributed by atoms with van der Waals surface area (Å²) >= 11 is 0. The van der Waals surface area contributed by atoms with Crippen molar-refractivity contribution in [2.24, 2.45) is 16.6 Å². The Morgan fingerprint density at radius 3 is 3.00 bits per heavy atom. The van der Waals surface area contributed by atoms with E-state index in [2.05, 4.69) is 17.2 Å². The molecule has 19 heavy (non-hydrogen) atoms. The molecule has 3 N–H and O–H groups in total. The van der Waals surface area contributed by atoms with Gasteiger partial charge in [0.1, 0.15) is 5.82 Å². The number of nitrogens with two attached hydrogens (primary N) is 1. The zero-order valence-corrected chi connectivity index (χ0v) is 11.1. The predicted octanol–water partition coefficient (Wildman–Crippen LogP) is 1.33. The molecule has 1 fully saturated rings. The van der Waals surface area contributed by atoms with Crippen LogP contribution in [-0.4, -0.2) is 31.1 Å². The van der Waals surface area contributed by atoms with Crippen LogP contribution >= 0.6 is 0 Å². The van der Waals surface area contributed by atoms with E-state index in [4.69, 9.17) is 5.73 Å². The van der Waals surface area contributed by atoms with Gasteiger partial charge in [-0.3, -0.25) is 4.99 Å². The van der Waals surface area contributed by atoms with Crippen LogP contribution in [0.25, 0.3) is 0 Å². The van der Waals surface area contributed by atoms with Gasteiger partial charge in [-0.25, -0.2) is 4.39 Å². The van der Waals surface area contributed by atoms with Crippen LogP contribution in [0.15, 0.2) is 29.3 Å². The number of nitrogens with one attached hydrogen (secondary N) is 1. The van der Waals surface area contributed by atoms with Crippen LogP contribution in [0.2, 0.25) is 0 Å². The molecule has 0 bridgehead atoms. The maximum atomic E-state index is 14.1. The number of halogens is 1. The highest BCUT2D eigenvalue weighted by Gasteiger charge is 2.48. The van der Waals surface area contributed by atoms with E-state index < -0.39 is 0 Å². The lowest BCUT2D eigenvalue weighted by Gasteiger charge is -2.46. The number of nitrogens with zero attached hydrogens (tertiary/aromatic N) is 2. The average Bonchev–Trinajstić information content (AvgIpc) is 2.73. The van der Waals surface area contributed by atoms with Crippen LogP contribution in [-0.2, 0) is 0 Å². The molecule has 0 radical (unpaired) electrons. The van der Waals surface area contributed by atoms with Gasteiger partial charge in [0.05, 0.1) is 17.8 Å². The predicted molar refractivity (Wildman–Crippen MR) is 74.8 cm³/mol. The quantitative estimate of drug-likeness (QED) is 0.803. The van der Waals surface area contributed by atoms with Crippen LogP contribution < -0.4 is 16.0 Å². The molecule has 1 saturated heterocycles. The summed E-state index contributed by atoms with van der Waals surface area (Å²) in [4.78, 5) is 6.30. The molecule has 3 rings (SSSR count). The number of anilines is 1. The first kappa shape index (κ1) is 12.4. The average molecular weight is 262 g/mol. The molecule has 4 nitrogen and oxygen atoms in total. The molecule has 5 heteroatoms. The molecular formula is C14H19FN4. The van der Waals surface area contributed by atoms with E-state index in [-0.39, 0.29) is 11.4 Å². The highest BCUT2D eigenvalue weighted by atomic mass is 19.1. The number of piperidine rings is 1. The third kappa shape index (κ3) is 1.80. The molecule has 2 atom stereocenters. The number of aliphatic imine (C=N–C) groups is 1. The van der Waals surface area contributed by atoms with Crippen molar-refractivity contribution in [2.75, 3.05) is 24.5 Å². The molecule has 2 aliphatic rings. The number of benzene rings is 1. The van der Waals surface area contributed by atoms with Gasteiger partial charge in [-0.05, 0) is 31.0 Å². The lowest BCUT2D eigenvalue weighted by Crippen LogP contribution is -2.61. The van der Waals surface area contributed by atoms with Crippen molar-refractivity contribution in [3.63, 3.8) is 0 Å². The van der Waals surface area contributed by atoms with Gasteiger partial charge in [-0.1, -0.05) is 19.1 Å². The minimum absolute atomic E-state index is 0.183. The van der Waals surface area contributed by atoms with E-state index in [0.717, 1.165) is 19.5 Å². The third-order valence-electron chi connectivity index (χ3n) is 4.39. The highest BCUT2D eigenvalue weighted by Crippen LogP contribution is 2.39. The van der Waals surface area contributed by atoms with Crippen molar-refractivity contribution < 1.29 is 4.39 Å². The van der Waals surface area contributed by atoms with Crippen molar-refractivity contribution in [2.45, 2.75) is 18.9 Å². The Hall–Kier alpha value is -1.62. The van der Waals surface area contributed by atoms with E-state index >= 15 is 0 Å². The van der Waals surface area contributed by atoms with Crippen LogP contribution in [0.5, 0.6) is 0 Å².